The molecule has 0 saturated heterocycles. The van der Waals surface area contributed by atoms with E-state index in [1.807, 2.05) is 54.8 Å². The molecule has 1 heterocycles. The molecule has 1 amide bonds. The molecule has 0 radical (unpaired) electrons. The maximum Gasteiger partial charge on any atom is 0.234 e. The molecule has 0 fully saturated rings. The average molecular weight is 347 g/mol. The van der Waals surface area contributed by atoms with Crippen molar-refractivity contribution in [2.24, 2.45) is 0 Å². The highest BCUT2D eigenvalue weighted by Crippen LogP contribution is 2.29. The van der Waals surface area contributed by atoms with E-state index in [2.05, 4.69) is 10.3 Å². The van der Waals surface area contributed by atoms with E-state index in [4.69, 9.17) is 0 Å². The Labute approximate surface area is 141 Å². The summed E-state index contributed by atoms with van der Waals surface area (Å²) in [5.41, 5.74) is 1.82. The van der Waals surface area contributed by atoms with Crippen molar-refractivity contribution in [1.82, 2.24) is 4.98 Å². The molecule has 2 aromatic carbocycles. The van der Waals surface area contributed by atoms with Gasteiger partial charge in [0.25, 0.3) is 0 Å². The van der Waals surface area contributed by atoms with E-state index in [-0.39, 0.29) is 5.91 Å². The smallest absolute Gasteiger partial charge is 0.234 e. The Bertz CT molecular complexity index is 768. The summed E-state index contributed by atoms with van der Waals surface area (Å²) in [6, 6.07) is 15.9. The molecule has 0 spiro atoms. The lowest BCUT2D eigenvalue weighted by Crippen LogP contribution is -2.13. The van der Waals surface area contributed by atoms with Gasteiger partial charge in [0.05, 0.1) is 16.0 Å². The fraction of sp³-hybridized carbons (Fsp3) is 0.125. The van der Waals surface area contributed by atoms with Crippen LogP contribution in [0.1, 0.15) is 0 Å². The van der Waals surface area contributed by atoms with Crippen LogP contribution in [-0.4, -0.2) is 22.9 Å². The van der Waals surface area contributed by atoms with E-state index in [1.54, 1.807) is 23.1 Å². The van der Waals surface area contributed by atoms with Crippen LogP contribution in [0.2, 0.25) is 0 Å². The summed E-state index contributed by atoms with van der Waals surface area (Å²) in [4.78, 5) is 17.7. The van der Waals surface area contributed by atoms with Gasteiger partial charge in [-0.1, -0.05) is 30.0 Å². The van der Waals surface area contributed by atoms with Crippen molar-refractivity contribution in [2.45, 2.75) is 9.24 Å². The van der Waals surface area contributed by atoms with Crippen molar-refractivity contribution in [3.05, 3.63) is 48.5 Å². The molecular weight excluding hydrogens is 332 g/mol. The van der Waals surface area contributed by atoms with Crippen molar-refractivity contribution in [2.75, 3.05) is 17.3 Å². The zero-order chi connectivity index (χ0) is 15.4. The molecular formula is C16H14N2OS3. The zero-order valence-electron chi connectivity index (χ0n) is 11.9. The summed E-state index contributed by atoms with van der Waals surface area (Å²) in [5.74, 6) is 0.353. The quantitative estimate of drug-likeness (QED) is 0.677. The predicted octanol–water partition coefficient (Wildman–Crippen LogP) is 4.75. The second-order valence-electron chi connectivity index (χ2n) is 4.52. The van der Waals surface area contributed by atoms with E-state index in [1.165, 1.54) is 11.8 Å². The van der Waals surface area contributed by atoms with E-state index in [0.717, 1.165) is 25.1 Å². The van der Waals surface area contributed by atoms with Crippen LogP contribution in [0, 0.1) is 0 Å². The number of thioether (sulfide) groups is 2. The van der Waals surface area contributed by atoms with Gasteiger partial charge in [-0.05, 0) is 36.6 Å². The molecule has 1 N–H and O–H groups in total. The number of amides is 1. The fourth-order valence-corrected chi connectivity index (χ4v) is 4.27. The second kappa shape index (κ2) is 7.17. The summed E-state index contributed by atoms with van der Waals surface area (Å²) < 4.78 is 2.08. The first-order valence-electron chi connectivity index (χ1n) is 6.67. The third-order valence-electron chi connectivity index (χ3n) is 2.95. The minimum absolute atomic E-state index is 0.0116. The molecule has 0 unspecified atom stereocenters. The number of benzene rings is 2. The van der Waals surface area contributed by atoms with Gasteiger partial charge in [0, 0.05) is 10.6 Å². The Balaban J connectivity index is 1.59. The Morgan fingerprint density at radius 2 is 2.09 bits per heavy atom. The minimum atomic E-state index is -0.0116. The van der Waals surface area contributed by atoms with Gasteiger partial charge in [-0.2, -0.15) is 0 Å². The van der Waals surface area contributed by atoms with Crippen LogP contribution in [0.15, 0.2) is 57.8 Å². The minimum Gasteiger partial charge on any atom is -0.325 e. The zero-order valence-corrected chi connectivity index (χ0v) is 14.4. The molecule has 3 rings (SSSR count). The number of rotatable bonds is 5. The van der Waals surface area contributed by atoms with Gasteiger partial charge >= 0.3 is 0 Å². The van der Waals surface area contributed by atoms with Gasteiger partial charge in [0.15, 0.2) is 4.34 Å². The number of aromatic nitrogens is 1. The van der Waals surface area contributed by atoms with Crippen LogP contribution < -0.4 is 5.32 Å². The monoisotopic (exact) mass is 346 g/mol. The van der Waals surface area contributed by atoms with Crippen molar-refractivity contribution >= 4 is 56.7 Å². The summed E-state index contributed by atoms with van der Waals surface area (Å²) in [7, 11) is 0. The third-order valence-corrected chi connectivity index (χ3v) is 5.86. The second-order valence-corrected chi connectivity index (χ2v) is 7.65. The summed E-state index contributed by atoms with van der Waals surface area (Å²) in [6.07, 6.45) is 2.02. The Hall–Kier alpha value is -1.50. The van der Waals surface area contributed by atoms with E-state index in [0.29, 0.717) is 5.75 Å². The summed E-state index contributed by atoms with van der Waals surface area (Å²) in [5, 5.41) is 2.92. The van der Waals surface area contributed by atoms with Gasteiger partial charge in [-0.15, -0.1) is 23.1 Å². The maximum absolute atomic E-state index is 12.0. The number of carbonyl (C=O) groups excluding carboxylic acids is 1. The number of nitrogens with zero attached hydrogens (tertiary/aromatic N) is 1. The molecule has 3 aromatic rings. The molecule has 0 aliphatic heterocycles. The first-order chi connectivity index (χ1) is 10.7. The van der Waals surface area contributed by atoms with Crippen LogP contribution in [-0.2, 0) is 4.79 Å². The molecule has 0 atom stereocenters. The lowest BCUT2D eigenvalue weighted by atomic mass is 10.3. The first kappa shape index (κ1) is 15.4. The van der Waals surface area contributed by atoms with E-state index < -0.39 is 0 Å². The van der Waals surface area contributed by atoms with Crippen LogP contribution in [0.4, 0.5) is 5.69 Å². The molecule has 1 aromatic heterocycles. The van der Waals surface area contributed by atoms with Crippen LogP contribution in [0.25, 0.3) is 10.2 Å². The third kappa shape index (κ3) is 3.82. The number of carbonyl (C=O) groups is 1. The highest BCUT2D eigenvalue weighted by Gasteiger charge is 2.08. The van der Waals surface area contributed by atoms with Gasteiger partial charge in [-0.25, -0.2) is 4.98 Å². The number of nitrogens with one attached hydrogen (secondary N) is 1. The van der Waals surface area contributed by atoms with Crippen molar-refractivity contribution in [3.63, 3.8) is 0 Å². The van der Waals surface area contributed by atoms with Crippen LogP contribution in [0.3, 0.4) is 0 Å². The van der Waals surface area contributed by atoms with Crippen molar-refractivity contribution < 1.29 is 4.79 Å². The fourth-order valence-electron chi connectivity index (χ4n) is 1.94. The van der Waals surface area contributed by atoms with Gasteiger partial charge in [0.2, 0.25) is 5.91 Å². The molecule has 0 saturated carbocycles. The molecule has 112 valence electrons. The molecule has 22 heavy (non-hydrogen) atoms. The Morgan fingerprint density at radius 3 is 2.91 bits per heavy atom. The Morgan fingerprint density at radius 1 is 1.23 bits per heavy atom. The van der Waals surface area contributed by atoms with Crippen LogP contribution in [0.5, 0.6) is 0 Å². The molecule has 6 heteroatoms. The van der Waals surface area contributed by atoms with E-state index in [9.17, 15) is 4.79 Å². The topological polar surface area (TPSA) is 42.0 Å². The number of hydrogen-bond acceptors (Lipinski definition) is 5. The molecule has 0 bridgehead atoms. The lowest BCUT2D eigenvalue weighted by molar-refractivity contribution is -0.113. The molecule has 3 nitrogen and oxygen atoms in total. The molecule has 0 aliphatic carbocycles. The van der Waals surface area contributed by atoms with Crippen molar-refractivity contribution in [3.8, 4) is 0 Å². The summed E-state index contributed by atoms with van der Waals surface area (Å²) in [6.45, 7) is 0. The maximum atomic E-state index is 12.0. The van der Waals surface area contributed by atoms with Gasteiger partial charge in [0.1, 0.15) is 0 Å². The molecule has 0 aliphatic rings. The van der Waals surface area contributed by atoms with Crippen molar-refractivity contribution in [1.29, 1.82) is 0 Å². The highest BCUT2D eigenvalue weighted by atomic mass is 32.2. The van der Waals surface area contributed by atoms with Gasteiger partial charge in [-0.3, -0.25) is 4.79 Å². The van der Waals surface area contributed by atoms with E-state index >= 15 is 0 Å². The predicted molar refractivity (Wildman–Crippen MR) is 97.2 cm³/mol. The number of hydrogen-bond donors (Lipinski definition) is 1. The largest absolute Gasteiger partial charge is 0.325 e. The lowest BCUT2D eigenvalue weighted by Gasteiger charge is -2.05. The number of thiazole rings is 1. The SMILES string of the molecule is CSc1cccc(NC(=O)CSc2nc3ccccc3s2)c1. The first-order valence-corrected chi connectivity index (χ1v) is 9.69. The Kier molecular flexibility index (Phi) is 5.02. The average Bonchev–Trinajstić information content (AvgIpc) is 2.96. The van der Waals surface area contributed by atoms with Gasteiger partial charge < -0.3 is 5.32 Å². The van der Waals surface area contributed by atoms with Crippen LogP contribution >= 0.6 is 34.9 Å². The number of fused-ring (bicyclic) bond motifs is 1. The number of anilines is 1. The number of para-hydroxylation sites is 1. The summed E-state index contributed by atoms with van der Waals surface area (Å²) >= 11 is 4.75. The standard InChI is InChI=1S/C16H14N2OS3/c1-20-12-6-4-5-11(9-12)17-15(19)10-21-16-18-13-7-2-3-8-14(13)22-16/h2-9H,10H2,1H3,(H,17,19). The normalized spacial score (nSPS) is 10.8. The highest BCUT2D eigenvalue weighted by molar-refractivity contribution is 8.01.